The van der Waals surface area contributed by atoms with Gasteiger partial charge in [-0.3, -0.25) is 0 Å². The molecule has 0 aliphatic rings. The zero-order chi connectivity index (χ0) is 18.6. The number of unbranched alkanes of at least 4 members (excludes halogenated alkanes) is 12. The summed E-state index contributed by atoms with van der Waals surface area (Å²) in [6.45, 7) is 2.24. The average molecular weight is 349 g/mol. The summed E-state index contributed by atoms with van der Waals surface area (Å²) in [5.74, 6) is -1.71. The van der Waals surface area contributed by atoms with Gasteiger partial charge in [0, 0.05) is 6.42 Å². The van der Waals surface area contributed by atoms with Gasteiger partial charge in [0.1, 0.15) is 0 Å². The lowest BCUT2D eigenvalue weighted by Gasteiger charge is -2.14. The molecule has 0 aliphatic carbocycles. The SMILES string of the molecule is CCCCCCCCCCCCCCCC(N=C=O)(N=C=O)N=C=O. The van der Waals surface area contributed by atoms with Gasteiger partial charge in [0.15, 0.2) is 0 Å². The van der Waals surface area contributed by atoms with Crippen molar-refractivity contribution in [1.29, 1.82) is 0 Å². The normalized spacial score (nSPS) is 12.4. The highest BCUT2D eigenvalue weighted by Gasteiger charge is 2.28. The molecule has 0 aliphatic heterocycles. The second kappa shape index (κ2) is 17.0. The van der Waals surface area contributed by atoms with Crippen LogP contribution in [0.15, 0.2) is 15.0 Å². The molecule has 140 valence electrons. The van der Waals surface area contributed by atoms with E-state index in [1.807, 2.05) is 0 Å². The minimum atomic E-state index is -1.71. The summed E-state index contributed by atoms with van der Waals surface area (Å²) in [5, 5.41) is 0. The first-order valence-corrected chi connectivity index (χ1v) is 9.51. The van der Waals surface area contributed by atoms with E-state index in [9.17, 15) is 14.4 Å². The highest BCUT2D eigenvalue weighted by molar-refractivity contribution is 5.42. The van der Waals surface area contributed by atoms with E-state index >= 15 is 0 Å². The summed E-state index contributed by atoms with van der Waals surface area (Å²) in [4.78, 5) is 41.4. The van der Waals surface area contributed by atoms with E-state index in [0.29, 0.717) is 6.42 Å². The number of hydrogen-bond donors (Lipinski definition) is 0. The molecule has 0 aromatic rings. The van der Waals surface area contributed by atoms with Gasteiger partial charge in [-0.25, -0.2) is 14.4 Å². The quantitative estimate of drug-likeness (QED) is 0.207. The van der Waals surface area contributed by atoms with Crippen molar-refractivity contribution in [3.05, 3.63) is 0 Å². The van der Waals surface area contributed by atoms with Gasteiger partial charge in [0.2, 0.25) is 18.2 Å². The van der Waals surface area contributed by atoms with Gasteiger partial charge in [-0.1, -0.05) is 84.0 Å². The maximum atomic E-state index is 10.4. The van der Waals surface area contributed by atoms with Gasteiger partial charge < -0.3 is 0 Å². The van der Waals surface area contributed by atoms with Crippen LogP contribution >= 0.6 is 0 Å². The molecule has 0 bridgehead atoms. The molecular formula is C19H31N3O3. The molecule has 0 heterocycles. The molecule has 0 saturated heterocycles. The van der Waals surface area contributed by atoms with Gasteiger partial charge in [-0.2, -0.15) is 15.0 Å². The van der Waals surface area contributed by atoms with Gasteiger partial charge >= 0.3 is 0 Å². The molecule has 0 fully saturated rings. The van der Waals surface area contributed by atoms with Gasteiger partial charge in [0.25, 0.3) is 5.79 Å². The Morgan fingerprint density at radius 2 is 0.880 bits per heavy atom. The molecule has 25 heavy (non-hydrogen) atoms. The minimum Gasteiger partial charge on any atom is -0.211 e. The molecule has 0 amide bonds. The number of hydrogen-bond acceptors (Lipinski definition) is 6. The number of isocyanates is 3. The Balaban J connectivity index is 3.72. The first-order chi connectivity index (χ1) is 12.2. The highest BCUT2D eigenvalue weighted by Crippen LogP contribution is 2.23. The molecule has 0 atom stereocenters. The number of nitrogens with zero attached hydrogens (tertiary/aromatic N) is 3. The van der Waals surface area contributed by atoms with Crippen molar-refractivity contribution in [3.8, 4) is 0 Å². The van der Waals surface area contributed by atoms with Gasteiger partial charge in [0.05, 0.1) is 0 Å². The maximum Gasteiger partial charge on any atom is 0.277 e. The lowest BCUT2D eigenvalue weighted by molar-refractivity contribution is 0.398. The van der Waals surface area contributed by atoms with Crippen molar-refractivity contribution in [1.82, 2.24) is 0 Å². The Labute approximate surface area is 150 Å². The number of aliphatic imine (C=N–C) groups is 3. The minimum absolute atomic E-state index is 0.213. The number of rotatable bonds is 17. The third kappa shape index (κ3) is 13.1. The van der Waals surface area contributed by atoms with Crippen LogP contribution in [0.5, 0.6) is 0 Å². The van der Waals surface area contributed by atoms with Crippen LogP contribution in [0.3, 0.4) is 0 Å². The summed E-state index contributed by atoms with van der Waals surface area (Å²) in [6, 6.07) is 0. The van der Waals surface area contributed by atoms with Crippen LogP contribution in [0, 0.1) is 0 Å². The Hall–Kier alpha value is -1.86. The second-order valence-electron chi connectivity index (χ2n) is 6.38. The Bertz CT molecular complexity index is 429. The fourth-order valence-electron chi connectivity index (χ4n) is 2.84. The third-order valence-electron chi connectivity index (χ3n) is 4.29. The zero-order valence-electron chi connectivity index (χ0n) is 15.5. The van der Waals surface area contributed by atoms with E-state index in [0.717, 1.165) is 19.3 Å². The molecule has 0 radical (unpaired) electrons. The largest absolute Gasteiger partial charge is 0.277 e. The summed E-state index contributed by atoms with van der Waals surface area (Å²) in [6.07, 6.45) is 19.8. The molecule has 6 nitrogen and oxygen atoms in total. The van der Waals surface area contributed by atoms with Crippen LogP contribution in [0.25, 0.3) is 0 Å². The molecule has 0 N–H and O–H groups in total. The standard InChI is InChI=1S/C19H31N3O3/c1-2-3-4-5-6-7-8-9-10-11-12-13-14-15-19(20-16-23,21-17-24)22-18-25/h2-15H2,1H3. The van der Waals surface area contributed by atoms with Crippen LogP contribution in [0.4, 0.5) is 0 Å². The van der Waals surface area contributed by atoms with Crippen molar-refractivity contribution in [2.24, 2.45) is 15.0 Å². The maximum absolute atomic E-state index is 10.4. The highest BCUT2D eigenvalue weighted by atomic mass is 16.1. The van der Waals surface area contributed by atoms with E-state index in [2.05, 4.69) is 21.9 Å². The van der Waals surface area contributed by atoms with Crippen LogP contribution < -0.4 is 0 Å². The summed E-state index contributed by atoms with van der Waals surface area (Å²) in [7, 11) is 0. The first-order valence-electron chi connectivity index (χ1n) is 9.51. The van der Waals surface area contributed by atoms with Crippen LogP contribution in [0.2, 0.25) is 0 Å². The topological polar surface area (TPSA) is 88.3 Å². The Morgan fingerprint density at radius 1 is 0.560 bits per heavy atom. The molecule has 0 aromatic carbocycles. The summed E-state index contributed by atoms with van der Waals surface area (Å²) < 4.78 is 0. The average Bonchev–Trinajstić information content (AvgIpc) is 2.60. The van der Waals surface area contributed by atoms with E-state index in [1.54, 1.807) is 0 Å². The van der Waals surface area contributed by atoms with Gasteiger partial charge in [-0.15, -0.1) is 0 Å². The van der Waals surface area contributed by atoms with Crippen molar-refractivity contribution in [2.75, 3.05) is 0 Å². The summed E-state index contributed by atoms with van der Waals surface area (Å²) in [5.41, 5.74) is 0. The zero-order valence-corrected chi connectivity index (χ0v) is 15.5. The van der Waals surface area contributed by atoms with Crippen LogP contribution in [-0.2, 0) is 14.4 Å². The number of carbonyl (C=O) groups excluding carboxylic acids is 3. The van der Waals surface area contributed by atoms with Crippen molar-refractivity contribution < 1.29 is 14.4 Å². The monoisotopic (exact) mass is 349 g/mol. The Kier molecular flexibility index (Phi) is 15.7. The first kappa shape index (κ1) is 23.1. The fourth-order valence-corrected chi connectivity index (χ4v) is 2.84. The Morgan fingerprint density at radius 3 is 1.20 bits per heavy atom. The lowest BCUT2D eigenvalue weighted by Crippen LogP contribution is -2.20. The molecule has 0 unspecified atom stereocenters. The molecule has 0 rings (SSSR count). The van der Waals surface area contributed by atoms with Crippen molar-refractivity contribution >= 4 is 18.2 Å². The van der Waals surface area contributed by atoms with Crippen molar-refractivity contribution in [2.45, 2.75) is 103 Å². The fraction of sp³-hybridized carbons (Fsp3) is 0.842. The summed E-state index contributed by atoms with van der Waals surface area (Å²) >= 11 is 0. The van der Waals surface area contributed by atoms with Gasteiger partial charge in [-0.05, 0) is 6.42 Å². The predicted molar refractivity (Wildman–Crippen MR) is 97.4 cm³/mol. The van der Waals surface area contributed by atoms with E-state index in [1.165, 1.54) is 76.0 Å². The third-order valence-corrected chi connectivity index (χ3v) is 4.29. The smallest absolute Gasteiger partial charge is 0.211 e. The molecule has 0 saturated carbocycles. The van der Waals surface area contributed by atoms with Crippen molar-refractivity contribution in [3.63, 3.8) is 0 Å². The van der Waals surface area contributed by atoms with Crippen LogP contribution in [-0.4, -0.2) is 24.0 Å². The molecule has 6 heteroatoms. The lowest BCUT2D eigenvalue weighted by atomic mass is 10.0. The molecular weight excluding hydrogens is 318 g/mol. The molecule has 0 aromatic heterocycles. The van der Waals surface area contributed by atoms with E-state index in [4.69, 9.17) is 0 Å². The van der Waals surface area contributed by atoms with E-state index < -0.39 is 5.79 Å². The van der Waals surface area contributed by atoms with Crippen LogP contribution in [0.1, 0.15) is 96.8 Å². The predicted octanol–water partition coefficient (Wildman–Crippen LogP) is 5.13. The van der Waals surface area contributed by atoms with E-state index in [-0.39, 0.29) is 6.42 Å². The second-order valence-corrected chi connectivity index (χ2v) is 6.38. The molecule has 0 spiro atoms.